The average Bonchev–Trinajstić information content (AvgIpc) is 3.09. The van der Waals surface area contributed by atoms with Crippen molar-refractivity contribution in [2.75, 3.05) is 13.2 Å². The van der Waals surface area contributed by atoms with Crippen LogP contribution in [-0.4, -0.2) is 13.2 Å². The second-order valence-electron chi connectivity index (χ2n) is 6.58. The van der Waals surface area contributed by atoms with Crippen LogP contribution in [0.25, 0.3) is 0 Å². The molecule has 1 atom stereocenters. The SMILES string of the molecule is NCC1(CC2COc3ccccc32)Cc2ccccc2C1. The molecule has 2 aromatic rings. The highest BCUT2D eigenvalue weighted by atomic mass is 16.5. The average molecular weight is 279 g/mol. The van der Waals surface area contributed by atoms with Gasteiger partial charge in [0.1, 0.15) is 5.75 Å². The van der Waals surface area contributed by atoms with E-state index in [1.807, 2.05) is 6.07 Å². The van der Waals surface area contributed by atoms with Crippen LogP contribution in [0, 0.1) is 5.41 Å². The first-order valence-corrected chi connectivity index (χ1v) is 7.78. The monoisotopic (exact) mass is 279 g/mol. The van der Waals surface area contributed by atoms with E-state index < -0.39 is 0 Å². The molecule has 2 N–H and O–H groups in total. The number of ether oxygens (including phenoxy) is 1. The summed E-state index contributed by atoms with van der Waals surface area (Å²) in [7, 11) is 0. The molecule has 1 aliphatic carbocycles. The fraction of sp³-hybridized carbons (Fsp3) is 0.368. The molecule has 0 amide bonds. The Kier molecular flexibility index (Phi) is 3.00. The predicted molar refractivity (Wildman–Crippen MR) is 84.6 cm³/mol. The molecule has 2 aliphatic rings. The number of fused-ring (bicyclic) bond motifs is 2. The van der Waals surface area contributed by atoms with Gasteiger partial charge < -0.3 is 10.5 Å². The van der Waals surface area contributed by atoms with Crippen LogP contribution in [0.1, 0.15) is 29.0 Å². The van der Waals surface area contributed by atoms with E-state index in [1.165, 1.54) is 16.7 Å². The van der Waals surface area contributed by atoms with Crippen LogP contribution in [0.15, 0.2) is 48.5 Å². The zero-order valence-corrected chi connectivity index (χ0v) is 12.2. The molecule has 0 bridgehead atoms. The molecule has 0 radical (unpaired) electrons. The van der Waals surface area contributed by atoms with Crippen LogP contribution >= 0.6 is 0 Å². The Morgan fingerprint density at radius 1 is 1.00 bits per heavy atom. The topological polar surface area (TPSA) is 35.2 Å². The molecular formula is C19H21NO. The molecule has 0 aromatic heterocycles. The molecule has 0 fully saturated rings. The largest absolute Gasteiger partial charge is 0.493 e. The Morgan fingerprint density at radius 3 is 2.38 bits per heavy atom. The van der Waals surface area contributed by atoms with Crippen molar-refractivity contribution in [2.45, 2.75) is 25.2 Å². The Hall–Kier alpha value is -1.80. The molecule has 0 saturated heterocycles. The molecule has 1 unspecified atom stereocenters. The van der Waals surface area contributed by atoms with Crippen LogP contribution in [0.5, 0.6) is 5.75 Å². The van der Waals surface area contributed by atoms with E-state index >= 15 is 0 Å². The lowest BCUT2D eigenvalue weighted by Crippen LogP contribution is -2.33. The second kappa shape index (κ2) is 4.88. The molecule has 1 heterocycles. The van der Waals surface area contributed by atoms with Gasteiger partial charge in [0.25, 0.3) is 0 Å². The van der Waals surface area contributed by atoms with Gasteiger partial charge >= 0.3 is 0 Å². The van der Waals surface area contributed by atoms with Gasteiger partial charge in [-0.05, 0) is 48.4 Å². The van der Waals surface area contributed by atoms with Crippen LogP contribution < -0.4 is 10.5 Å². The first-order chi connectivity index (χ1) is 10.3. The van der Waals surface area contributed by atoms with Crippen LogP contribution in [0.4, 0.5) is 0 Å². The van der Waals surface area contributed by atoms with Gasteiger partial charge in [0.05, 0.1) is 6.61 Å². The standard InChI is InChI=1S/C19H21NO/c20-13-19(9-14-5-1-2-6-15(14)10-19)11-16-12-21-18-8-4-3-7-17(16)18/h1-8,16H,9-13,20H2. The Balaban J connectivity index is 1.60. The molecule has 2 aromatic carbocycles. The highest BCUT2D eigenvalue weighted by Crippen LogP contribution is 2.46. The van der Waals surface area contributed by atoms with Gasteiger partial charge in [0, 0.05) is 11.5 Å². The Bertz CT molecular complexity index is 639. The minimum atomic E-state index is 0.204. The third-order valence-corrected chi connectivity index (χ3v) is 5.16. The van der Waals surface area contributed by atoms with Gasteiger partial charge in [-0.3, -0.25) is 0 Å². The van der Waals surface area contributed by atoms with E-state index in [-0.39, 0.29) is 5.41 Å². The Morgan fingerprint density at radius 2 is 1.67 bits per heavy atom. The van der Waals surface area contributed by atoms with Crippen molar-refractivity contribution < 1.29 is 4.74 Å². The number of hydrogen-bond acceptors (Lipinski definition) is 2. The highest BCUT2D eigenvalue weighted by Gasteiger charge is 2.40. The molecule has 2 heteroatoms. The van der Waals surface area contributed by atoms with E-state index in [0.717, 1.165) is 38.2 Å². The van der Waals surface area contributed by atoms with Gasteiger partial charge in [0.15, 0.2) is 0 Å². The van der Waals surface area contributed by atoms with E-state index in [2.05, 4.69) is 42.5 Å². The zero-order chi connectivity index (χ0) is 14.3. The zero-order valence-electron chi connectivity index (χ0n) is 12.2. The molecule has 21 heavy (non-hydrogen) atoms. The summed E-state index contributed by atoms with van der Waals surface area (Å²) >= 11 is 0. The maximum absolute atomic E-state index is 6.21. The number of nitrogens with two attached hydrogens (primary N) is 1. The molecule has 0 spiro atoms. The summed E-state index contributed by atoms with van der Waals surface area (Å²) in [6.07, 6.45) is 3.34. The van der Waals surface area contributed by atoms with Crippen molar-refractivity contribution in [3.63, 3.8) is 0 Å². The maximum Gasteiger partial charge on any atom is 0.122 e. The highest BCUT2D eigenvalue weighted by molar-refractivity contribution is 5.41. The quantitative estimate of drug-likeness (QED) is 0.935. The van der Waals surface area contributed by atoms with Crippen molar-refractivity contribution >= 4 is 0 Å². The van der Waals surface area contributed by atoms with E-state index in [4.69, 9.17) is 10.5 Å². The fourth-order valence-electron chi connectivity index (χ4n) is 4.07. The normalized spacial score (nSPS) is 21.7. The van der Waals surface area contributed by atoms with Crippen LogP contribution in [0.3, 0.4) is 0 Å². The van der Waals surface area contributed by atoms with Crippen molar-refractivity contribution in [3.8, 4) is 5.75 Å². The van der Waals surface area contributed by atoms with Gasteiger partial charge in [-0.15, -0.1) is 0 Å². The summed E-state index contributed by atoms with van der Waals surface area (Å²) in [5.74, 6) is 1.55. The van der Waals surface area contributed by atoms with Gasteiger partial charge in [-0.1, -0.05) is 42.5 Å². The smallest absolute Gasteiger partial charge is 0.122 e. The van der Waals surface area contributed by atoms with Gasteiger partial charge in [-0.25, -0.2) is 0 Å². The summed E-state index contributed by atoms with van der Waals surface area (Å²) < 4.78 is 5.85. The lowest BCUT2D eigenvalue weighted by molar-refractivity contribution is 0.236. The van der Waals surface area contributed by atoms with Crippen LogP contribution in [-0.2, 0) is 12.8 Å². The van der Waals surface area contributed by atoms with Gasteiger partial charge in [-0.2, -0.15) is 0 Å². The lowest BCUT2D eigenvalue weighted by Gasteiger charge is -2.30. The lowest BCUT2D eigenvalue weighted by atomic mass is 9.75. The molecule has 1 aliphatic heterocycles. The maximum atomic E-state index is 6.21. The fourth-order valence-corrected chi connectivity index (χ4v) is 4.07. The van der Waals surface area contributed by atoms with Crippen LogP contribution in [0.2, 0.25) is 0 Å². The van der Waals surface area contributed by atoms with E-state index in [1.54, 1.807) is 0 Å². The second-order valence-corrected chi connectivity index (χ2v) is 6.58. The summed E-state index contributed by atoms with van der Waals surface area (Å²) in [4.78, 5) is 0. The molecule has 4 rings (SSSR count). The first-order valence-electron chi connectivity index (χ1n) is 7.78. The first kappa shape index (κ1) is 12.9. The van der Waals surface area contributed by atoms with Crippen molar-refractivity contribution in [1.82, 2.24) is 0 Å². The van der Waals surface area contributed by atoms with Crippen molar-refractivity contribution in [3.05, 3.63) is 65.2 Å². The molecule has 0 saturated carbocycles. The Labute approximate surface area is 125 Å². The summed E-state index contributed by atoms with van der Waals surface area (Å²) in [5.41, 5.74) is 10.7. The number of para-hydroxylation sites is 1. The third-order valence-electron chi connectivity index (χ3n) is 5.16. The van der Waals surface area contributed by atoms with Crippen molar-refractivity contribution in [2.24, 2.45) is 11.1 Å². The molecular weight excluding hydrogens is 258 g/mol. The predicted octanol–water partition coefficient (Wildman–Crippen LogP) is 3.30. The number of rotatable bonds is 3. The number of benzene rings is 2. The van der Waals surface area contributed by atoms with E-state index in [0.29, 0.717) is 5.92 Å². The third kappa shape index (κ3) is 2.14. The molecule has 108 valence electrons. The molecule has 2 nitrogen and oxygen atoms in total. The summed E-state index contributed by atoms with van der Waals surface area (Å²) in [6, 6.07) is 17.2. The van der Waals surface area contributed by atoms with E-state index in [9.17, 15) is 0 Å². The minimum absolute atomic E-state index is 0.204. The van der Waals surface area contributed by atoms with Crippen molar-refractivity contribution in [1.29, 1.82) is 0 Å². The number of hydrogen-bond donors (Lipinski definition) is 1. The van der Waals surface area contributed by atoms with Gasteiger partial charge in [0.2, 0.25) is 0 Å². The summed E-state index contributed by atoms with van der Waals surface area (Å²) in [5, 5.41) is 0. The summed E-state index contributed by atoms with van der Waals surface area (Å²) in [6.45, 7) is 1.55. The minimum Gasteiger partial charge on any atom is -0.493 e.